The van der Waals surface area contributed by atoms with Crippen LogP contribution in [0.2, 0.25) is 0 Å². The summed E-state index contributed by atoms with van der Waals surface area (Å²) in [5.74, 6) is 1.61. The number of sulfonamides is 1. The lowest BCUT2D eigenvalue weighted by Crippen LogP contribution is -2.20. The van der Waals surface area contributed by atoms with Crippen molar-refractivity contribution in [2.45, 2.75) is 57.1 Å². The van der Waals surface area contributed by atoms with E-state index >= 15 is 0 Å². The highest BCUT2D eigenvalue weighted by Crippen LogP contribution is 2.38. The molecule has 6 nitrogen and oxygen atoms in total. The third-order valence-corrected chi connectivity index (χ3v) is 4.45. The standard InChI is InChI=1S/C11H20N4O2S/c1-3-7-15-10(9-6-4-5-8(9)2)13-14-11(15)18(12,16)17/h8-9H,3-7H2,1-2H3,(H2,12,16,17). The van der Waals surface area contributed by atoms with E-state index in [0.717, 1.165) is 31.5 Å². The molecule has 1 fully saturated rings. The van der Waals surface area contributed by atoms with Crippen molar-refractivity contribution in [1.29, 1.82) is 0 Å². The van der Waals surface area contributed by atoms with E-state index in [0.29, 0.717) is 18.4 Å². The van der Waals surface area contributed by atoms with Crippen LogP contribution in [-0.2, 0) is 16.6 Å². The van der Waals surface area contributed by atoms with Crippen LogP contribution in [0.3, 0.4) is 0 Å². The molecule has 2 unspecified atom stereocenters. The largest absolute Gasteiger partial charge is 0.301 e. The van der Waals surface area contributed by atoms with Gasteiger partial charge in [0.15, 0.2) is 0 Å². The van der Waals surface area contributed by atoms with Crippen molar-refractivity contribution < 1.29 is 8.42 Å². The van der Waals surface area contributed by atoms with Gasteiger partial charge in [-0.1, -0.05) is 20.3 Å². The van der Waals surface area contributed by atoms with Crippen LogP contribution in [0.15, 0.2) is 5.16 Å². The number of hydrogen-bond donors (Lipinski definition) is 1. The lowest BCUT2D eigenvalue weighted by Gasteiger charge is -2.16. The van der Waals surface area contributed by atoms with E-state index in [4.69, 9.17) is 5.14 Å². The maximum atomic E-state index is 11.5. The van der Waals surface area contributed by atoms with Crippen LogP contribution in [-0.4, -0.2) is 23.2 Å². The fourth-order valence-electron chi connectivity index (χ4n) is 2.75. The smallest absolute Gasteiger partial charge is 0.273 e. The first-order chi connectivity index (χ1) is 8.45. The van der Waals surface area contributed by atoms with Gasteiger partial charge in [0, 0.05) is 12.5 Å². The molecule has 2 atom stereocenters. The van der Waals surface area contributed by atoms with E-state index in [1.54, 1.807) is 4.57 Å². The Bertz CT molecular complexity index is 523. The molecule has 0 radical (unpaired) electrons. The summed E-state index contributed by atoms with van der Waals surface area (Å²) in [6, 6.07) is 0. The van der Waals surface area contributed by atoms with Crippen LogP contribution in [0, 0.1) is 5.92 Å². The van der Waals surface area contributed by atoms with Crippen LogP contribution >= 0.6 is 0 Å². The molecule has 18 heavy (non-hydrogen) atoms. The normalized spacial score (nSPS) is 24.6. The van der Waals surface area contributed by atoms with Gasteiger partial charge in [-0.3, -0.25) is 0 Å². The monoisotopic (exact) mass is 272 g/mol. The number of nitrogens with two attached hydrogens (primary N) is 1. The average molecular weight is 272 g/mol. The molecular weight excluding hydrogens is 252 g/mol. The molecule has 0 aliphatic heterocycles. The Kier molecular flexibility index (Phi) is 3.72. The lowest BCUT2D eigenvalue weighted by atomic mass is 9.97. The van der Waals surface area contributed by atoms with Crippen molar-refractivity contribution in [1.82, 2.24) is 14.8 Å². The summed E-state index contributed by atoms with van der Waals surface area (Å²) in [6.07, 6.45) is 4.20. The minimum Gasteiger partial charge on any atom is -0.301 e. The number of primary sulfonamides is 1. The van der Waals surface area contributed by atoms with Gasteiger partial charge in [-0.05, 0) is 25.2 Å². The van der Waals surface area contributed by atoms with Crippen LogP contribution in [0.25, 0.3) is 0 Å². The zero-order chi connectivity index (χ0) is 13.3. The molecule has 0 saturated heterocycles. The van der Waals surface area contributed by atoms with E-state index in [-0.39, 0.29) is 5.16 Å². The Labute approximate surface area is 108 Å². The second-order valence-electron chi connectivity index (χ2n) is 5.05. The summed E-state index contributed by atoms with van der Waals surface area (Å²) in [6.45, 7) is 4.77. The number of nitrogens with zero attached hydrogens (tertiary/aromatic N) is 3. The lowest BCUT2D eigenvalue weighted by molar-refractivity contribution is 0.467. The predicted octanol–water partition coefficient (Wildman–Crippen LogP) is 1.24. The first-order valence-corrected chi connectivity index (χ1v) is 7.95. The summed E-state index contributed by atoms with van der Waals surface area (Å²) in [4.78, 5) is 0. The van der Waals surface area contributed by atoms with E-state index in [1.165, 1.54) is 0 Å². The molecule has 2 N–H and O–H groups in total. The Morgan fingerprint density at radius 3 is 2.61 bits per heavy atom. The van der Waals surface area contributed by atoms with Gasteiger partial charge in [0.05, 0.1) is 0 Å². The molecule has 102 valence electrons. The van der Waals surface area contributed by atoms with Crippen molar-refractivity contribution in [3.63, 3.8) is 0 Å². The molecule has 1 saturated carbocycles. The summed E-state index contributed by atoms with van der Waals surface area (Å²) in [5.41, 5.74) is 0. The summed E-state index contributed by atoms with van der Waals surface area (Å²) in [5, 5.41) is 13.0. The highest BCUT2D eigenvalue weighted by atomic mass is 32.2. The maximum absolute atomic E-state index is 11.5. The van der Waals surface area contributed by atoms with Gasteiger partial charge in [0.25, 0.3) is 15.2 Å². The molecule has 0 spiro atoms. The second kappa shape index (κ2) is 4.97. The fraction of sp³-hybridized carbons (Fsp3) is 0.818. The SMILES string of the molecule is CCCn1c(C2CCCC2C)nnc1S(N)(=O)=O. The van der Waals surface area contributed by atoms with Gasteiger partial charge < -0.3 is 4.57 Å². The zero-order valence-electron chi connectivity index (χ0n) is 10.8. The number of aromatic nitrogens is 3. The molecule has 0 bridgehead atoms. The number of hydrogen-bond acceptors (Lipinski definition) is 4. The van der Waals surface area contributed by atoms with Crippen LogP contribution < -0.4 is 5.14 Å². The Balaban J connectivity index is 2.45. The molecule has 1 aliphatic rings. The quantitative estimate of drug-likeness (QED) is 0.892. The van der Waals surface area contributed by atoms with Gasteiger partial charge in [0.1, 0.15) is 5.82 Å². The molecule has 7 heteroatoms. The Morgan fingerprint density at radius 2 is 2.11 bits per heavy atom. The van der Waals surface area contributed by atoms with Crippen molar-refractivity contribution >= 4 is 10.0 Å². The second-order valence-corrected chi connectivity index (χ2v) is 6.51. The van der Waals surface area contributed by atoms with Crippen LogP contribution in [0.1, 0.15) is 51.3 Å². The molecule has 0 aromatic carbocycles. The van der Waals surface area contributed by atoms with E-state index < -0.39 is 10.0 Å². The first-order valence-electron chi connectivity index (χ1n) is 6.41. The zero-order valence-corrected chi connectivity index (χ0v) is 11.7. The molecule has 1 aromatic rings. The molecule has 1 aromatic heterocycles. The van der Waals surface area contributed by atoms with Gasteiger partial charge in [-0.15, -0.1) is 10.2 Å². The minimum atomic E-state index is -3.79. The van der Waals surface area contributed by atoms with Crippen molar-refractivity contribution in [2.75, 3.05) is 0 Å². The molecule has 1 heterocycles. The fourth-order valence-corrected chi connectivity index (χ4v) is 3.39. The van der Waals surface area contributed by atoms with E-state index in [1.807, 2.05) is 6.92 Å². The highest BCUT2D eigenvalue weighted by Gasteiger charge is 2.31. The van der Waals surface area contributed by atoms with Gasteiger partial charge in [-0.2, -0.15) is 0 Å². The topological polar surface area (TPSA) is 90.9 Å². The number of rotatable bonds is 4. The maximum Gasteiger partial charge on any atom is 0.273 e. The Hall–Kier alpha value is -0.950. The summed E-state index contributed by atoms with van der Waals surface area (Å²) in [7, 11) is -3.79. The van der Waals surface area contributed by atoms with Crippen molar-refractivity contribution in [3.05, 3.63) is 5.82 Å². The van der Waals surface area contributed by atoms with E-state index in [2.05, 4.69) is 17.1 Å². The van der Waals surface area contributed by atoms with Gasteiger partial charge in [0.2, 0.25) is 0 Å². The highest BCUT2D eigenvalue weighted by molar-refractivity contribution is 7.89. The molecule has 2 rings (SSSR count). The Morgan fingerprint density at radius 1 is 1.39 bits per heavy atom. The minimum absolute atomic E-state index is 0.0987. The summed E-state index contributed by atoms with van der Waals surface area (Å²) < 4.78 is 24.7. The average Bonchev–Trinajstić information content (AvgIpc) is 2.84. The van der Waals surface area contributed by atoms with E-state index in [9.17, 15) is 8.42 Å². The molecule has 0 amide bonds. The summed E-state index contributed by atoms with van der Waals surface area (Å²) >= 11 is 0. The third kappa shape index (κ3) is 2.42. The van der Waals surface area contributed by atoms with Crippen LogP contribution in [0.4, 0.5) is 0 Å². The van der Waals surface area contributed by atoms with Gasteiger partial charge >= 0.3 is 0 Å². The first kappa shape index (κ1) is 13.5. The predicted molar refractivity (Wildman–Crippen MR) is 67.4 cm³/mol. The molecule has 1 aliphatic carbocycles. The molecular formula is C11H20N4O2S. The van der Waals surface area contributed by atoms with Gasteiger partial charge in [-0.25, -0.2) is 13.6 Å². The third-order valence-electron chi connectivity index (χ3n) is 3.64. The van der Waals surface area contributed by atoms with Crippen molar-refractivity contribution in [3.8, 4) is 0 Å². The van der Waals surface area contributed by atoms with Crippen molar-refractivity contribution in [2.24, 2.45) is 11.1 Å². The van der Waals surface area contributed by atoms with Crippen LogP contribution in [0.5, 0.6) is 0 Å².